The van der Waals surface area contributed by atoms with Crippen molar-refractivity contribution in [3.05, 3.63) is 65.0 Å². The summed E-state index contributed by atoms with van der Waals surface area (Å²) in [6.07, 6.45) is 5.67. The maximum absolute atomic E-state index is 13.0. The third-order valence-electron chi connectivity index (χ3n) is 5.24. The fourth-order valence-corrected chi connectivity index (χ4v) is 3.58. The summed E-state index contributed by atoms with van der Waals surface area (Å²) in [5.41, 5.74) is -0.0765. The quantitative estimate of drug-likeness (QED) is 0.587. The van der Waals surface area contributed by atoms with Crippen molar-refractivity contribution in [2.75, 3.05) is 19.6 Å². The number of nitrogens with one attached hydrogen (secondary N) is 1. The summed E-state index contributed by atoms with van der Waals surface area (Å²) in [5.74, 6) is -1.59. The van der Waals surface area contributed by atoms with Crippen molar-refractivity contribution >= 4 is 17.5 Å². The molecule has 0 bridgehead atoms. The summed E-state index contributed by atoms with van der Waals surface area (Å²) in [6.45, 7) is 1.15. The summed E-state index contributed by atoms with van der Waals surface area (Å²) in [7, 11) is 0. The molecular formula is C20H22N6O4. The fourth-order valence-electron chi connectivity index (χ4n) is 3.58. The van der Waals surface area contributed by atoms with Crippen LogP contribution in [-0.2, 0) is 11.3 Å². The van der Waals surface area contributed by atoms with Crippen LogP contribution in [0.1, 0.15) is 16.8 Å². The van der Waals surface area contributed by atoms with Crippen LogP contribution >= 0.6 is 0 Å². The lowest BCUT2D eigenvalue weighted by Crippen LogP contribution is -2.52. The van der Waals surface area contributed by atoms with E-state index in [0.717, 1.165) is 0 Å². The molecule has 156 valence electrons. The van der Waals surface area contributed by atoms with Gasteiger partial charge >= 0.3 is 0 Å². The number of amides is 2. The van der Waals surface area contributed by atoms with Crippen LogP contribution < -0.4 is 10.9 Å². The normalized spacial score (nSPS) is 19.0. The van der Waals surface area contributed by atoms with Gasteiger partial charge in [-0.15, -0.1) is 0 Å². The van der Waals surface area contributed by atoms with Crippen LogP contribution in [0.3, 0.4) is 0 Å². The van der Waals surface area contributed by atoms with Gasteiger partial charge in [0.2, 0.25) is 5.91 Å². The van der Waals surface area contributed by atoms with Crippen LogP contribution in [0, 0.1) is 5.92 Å². The smallest absolute Gasteiger partial charge is 0.270 e. The number of piperidine rings is 1. The molecule has 0 spiro atoms. The van der Waals surface area contributed by atoms with Gasteiger partial charge in [0.25, 0.3) is 11.5 Å². The van der Waals surface area contributed by atoms with E-state index in [0.29, 0.717) is 18.7 Å². The monoisotopic (exact) mass is 410 g/mol. The molecule has 2 amide bonds. The van der Waals surface area contributed by atoms with Crippen LogP contribution in [0.15, 0.2) is 53.8 Å². The predicted octanol–water partition coefficient (Wildman–Crippen LogP) is -0.470. The molecule has 3 aromatic heterocycles. The van der Waals surface area contributed by atoms with Gasteiger partial charge in [0.15, 0.2) is 0 Å². The van der Waals surface area contributed by atoms with Crippen LogP contribution in [0.25, 0.3) is 5.65 Å². The molecule has 0 saturated carbocycles. The molecule has 30 heavy (non-hydrogen) atoms. The standard InChI is InChI=1S/C20H22N6O4/c27-16-5-10-24(13-15(16)18(28)21-7-11-25-8-3-6-23-25)19(29)14-12-22-17-4-1-2-9-26(17)20(14)30/h1-4,6,8-9,12,15-16,27H,5,7,10-11,13H2,(H,21,28)/t15-,16+/m0/s1. The number of aromatic nitrogens is 4. The van der Waals surface area contributed by atoms with Gasteiger partial charge in [0, 0.05) is 44.4 Å². The van der Waals surface area contributed by atoms with Crippen molar-refractivity contribution in [1.82, 2.24) is 29.4 Å². The number of fused-ring (bicyclic) bond motifs is 1. The van der Waals surface area contributed by atoms with E-state index >= 15 is 0 Å². The molecule has 0 aliphatic carbocycles. The molecule has 1 aliphatic heterocycles. The first kappa shape index (κ1) is 19.8. The second-order valence-corrected chi connectivity index (χ2v) is 7.18. The zero-order valence-electron chi connectivity index (χ0n) is 16.2. The number of hydrogen-bond acceptors (Lipinski definition) is 6. The highest BCUT2D eigenvalue weighted by Crippen LogP contribution is 2.19. The van der Waals surface area contributed by atoms with Crippen molar-refractivity contribution in [2.24, 2.45) is 5.92 Å². The minimum absolute atomic E-state index is 0.0323. The average Bonchev–Trinajstić information content (AvgIpc) is 3.27. The summed E-state index contributed by atoms with van der Waals surface area (Å²) in [5, 5.41) is 17.1. The Hall–Kier alpha value is -3.53. The summed E-state index contributed by atoms with van der Waals surface area (Å²) in [4.78, 5) is 43.8. The Bertz CT molecular complexity index is 1110. The van der Waals surface area contributed by atoms with Gasteiger partial charge in [0.05, 0.1) is 18.6 Å². The van der Waals surface area contributed by atoms with E-state index in [9.17, 15) is 19.5 Å². The van der Waals surface area contributed by atoms with Crippen molar-refractivity contribution in [3.8, 4) is 0 Å². The van der Waals surface area contributed by atoms with Crippen molar-refractivity contribution in [2.45, 2.75) is 19.1 Å². The zero-order chi connectivity index (χ0) is 21.1. The Kier molecular flexibility index (Phi) is 5.57. The molecule has 0 unspecified atom stereocenters. The number of rotatable bonds is 5. The third kappa shape index (κ3) is 3.94. The molecule has 1 aliphatic rings. The van der Waals surface area contributed by atoms with Gasteiger partial charge in [-0.25, -0.2) is 4.98 Å². The van der Waals surface area contributed by atoms with E-state index < -0.39 is 23.5 Å². The van der Waals surface area contributed by atoms with E-state index in [1.807, 2.05) is 0 Å². The summed E-state index contributed by atoms with van der Waals surface area (Å²) in [6, 6.07) is 6.91. The molecule has 1 saturated heterocycles. The number of nitrogens with zero attached hydrogens (tertiary/aromatic N) is 5. The van der Waals surface area contributed by atoms with Crippen LogP contribution in [0.2, 0.25) is 0 Å². The van der Waals surface area contributed by atoms with Gasteiger partial charge in [-0.05, 0) is 24.6 Å². The highest BCUT2D eigenvalue weighted by Gasteiger charge is 2.36. The Morgan fingerprint density at radius 1 is 1.23 bits per heavy atom. The maximum atomic E-state index is 13.0. The molecule has 10 nitrogen and oxygen atoms in total. The van der Waals surface area contributed by atoms with E-state index in [2.05, 4.69) is 15.4 Å². The Morgan fingerprint density at radius 2 is 2.10 bits per heavy atom. The highest BCUT2D eigenvalue weighted by atomic mass is 16.3. The van der Waals surface area contributed by atoms with Crippen LogP contribution in [0.5, 0.6) is 0 Å². The van der Waals surface area contributed by atoms with Crippen molar-refractivity contribution in [3.63, 3.8) is 0 Å². The molecule has 10 heteroatoms. The third-order valence-corrected chi connectivity index (χ3v) is 5.24. The largest absolute Gasteiger partial charge is 0.392 e. The number of likely N-dealkylation sites (tertiary alicyclic amines) is 1. The second-order valence-electron chi connectivity index (χ2n) is 7.18. The van der Waals surface area contributed by atoms with E-state index in [1.165, 1.54) is 15.5 Å². The maximum Gasteiger partial charge on any atom is 0.270 e. The molecule has 4 rings (SSSR count). The summed E-state index contributed by atoms with van der Waals surface area (Å²) < 4.78 is 3.00. The molecule has 4 heterocycles. The second kappa shape index (κ2) is 8.46. The van der Waals surface area contributed by atoms with E-state index in [1.54, 1.807) is 47.5 Å². The van der Waals surface area contributed by atoms with Gasteiger partial charge in [-0.2, -0.15) is 5.10 Å². The predicted molar refractivity (Wildman–Crippen MR) is 107 cm³/mol. The first-order valence-corrected chi connectivity index (χ1v) is 9.73. The van der Waals surface area contributed by atoms with Gasteiger partial charge < -0.3 is 15.3 Å². The first-order chi connectivity index (χ1) is 14.5. The average molecular weight is 410 g/mol. The molecule has 1 fully saturated rings. The number of hydrogen-bond donors (Lipinski definition) is 2. The Morgan fingerprint density at radius 3 is 2.90 bits per heavy atom. The van der Waals surface area contributed by atoms with Gasteiger partial charge in [-0.3, -0.25) is 23.5 Å². The lowest BCUT2D eigenvalue weighted by molar-refractivity contribution is -0.130. The number of carbonyl (C=O) groups excluding carboxylic acids is 2. The van der Waals surface area contributed by atoms with Crippen LogP contribution in [-0.4, -0.2) is 66.7 Å². The highest BCUT2D eigenvalue weighted by molar-refractivity contribution is 5.94. The van der Waals surface area contributed by atoms with Gasteiger partial charge in [-0.1, -0.05) is 6.07 Å². The minimum Gasteiger partial charge on any atom is -0.392 e. The molecule has 0 radical (unpaired) electrons. The SMILES string of the molecule is O=C(NCCn1cccn1)[C@H]1CN(C(=O)c2cnc3ccccn3c2=O)CC[C@H]1O. The molecule has 2 N–H and O–H groups in total. The number of carbonyl (C=O) groups is 2. The molecular weight excluding hydrogens is 388 g/mol. The zero-order valence-corrected chi connectivity index (χ0v) is 16.2. The minimum atomic E-state index is -0.852. The van der Waals surface area contributed by atoms with Gasteiger partial charge in [0.1, 0.15) is 11.2 Å². The van der Waals surface area contributed by atoms with Crippen molar-refractivity contribution < 1.29 is 14.7 Å². The molecule has 3 aromatic rings. The lowest BCUT2D eigenvalue weighted by Gasteiger charge is -2.35. The van der Waals surface area contributed by atoms with E-state index in [4.69, 9.17) is 0 Å². The fraction of sp³-hybridized carbons (Fsp3) is 0.350. The van der Waals surface area contributed by atoms with Crippen molar-refractivity contribution in [1.29, 1.82) is 0 Å². The topological polar surface area (TPSA) is 122 Å². The first-order valence-electron chi connectivity index (χ1n) is 9.73. The lowest BCUT2D eigenvalue weighted by atomic mass is 9.93. The molecule has 2 atom stereocenters. The Labute approximate surface area is 171 Å². The number of aliphatic hydroxyl groups excluding tert-OH is 1. The summed E-state index contributed by atoms with van der Waals surface area (Å²) >= 11 is 0. The molecule has 0 aromatic carbocycles. The van der Waals surface area contributed by atoms with Crippen LogP contribution in [0.4, 0.5) is 0 Å². The number of pyridine rings is 1. The number of aliphatic hydroxyl groups is 1. The Balaban J connectivity index is 1.44. The van der Waals surface area contributed by atoms with E-state index in [-0.39, 0.29) is 31.0 Å².